The summed E-state index contributed by atoms with van der Waals surface area (Å²) in [6.07, 6.45) is 1.70. The first-order valence-electron chi connectivity index (χ1n) is 3.10. The van der Waals surface area contributed by atoms with E-state index < -0.39 is 21.4 Å². The number of rotatable bonds is 2. The highest BCUT2D eigenvalue weighted by Crippen LogP contribution is 1.78. The molecule has 0 saturated heterocycles. The summed E-state index contributed by atoms with van der Waals surface area (Å²) in [4.78, 5) is 23.2. The van der Waals surface area contributed by atoms with Crippen LogP contribution >= 0.6 is 0 Å². The lowest BCUT2D eigenvalue weighted by atomic mass is 10.7. The van der Waals surface area contributed by atoms with Gasteiger partial charge in [0.15, 0.2) is 0 Å². The Kier molecular flexibility index (Phi) is 2.24. The summed E-state index contributed by atoms with van der Waals surface area (Å²) >= 11 is 0. The van der Waals surface area contributed by atoms with Crippen molar-refractivity contribution < 1.29 is 12.7 Å². The Morgan fingerprint density at radius 2 is 2.08 bits per heavy atom. The molecule has 0 amide bonds. The van der Waals surface area contributed by atoms with E-state index in [0.717, 1.165) is 18.5 Å². The highest BCUT2D eigenvalue weighted by molar-refractivity contribution is 7.86. The van der Waals surface area contributed by atoms with Gasteiger partial charge in [0, 0.05) is 6.07 Å². The topological polar surface area (TPSA) is 98.2 Å². The van der Waals surface area contributed by atoms with E-state index in [9.17, 15) is 18.0 Å². The molecule has 1 aromatic heterocycles. The maximum Gasteiger partial charge on any atom is 0.362 e. The molecular formula is C5H6N2O5S. The molecule has 72 valence electrons. The van der Waals surface area contributed by atoms with Crippen molar-refractivity contribution in [2.45, 2.75) is 0 Å². The van der Waals surface area contributed by atoms with Gasteiger partial charge < -0.3 is 0 Å². The Morgan fingerprint density at radius 3 is 2.54 bits per heavy atom. The lowest BCUT2D eigenvalue weighted by Crippen LogP contribution is -2.34. The lowest BCUT2D eigenvalue weighted by molar-refractivity contribution is 0.263. The van der Waals surface area contributed by atoms with Crippen molar-refractivity contribution in [1.29, 1.82) is 0 Å². The minimum absolute atomic E-state index is 0.413. The Hall–Kier alpha value is -1.57. The zero-order chi connectivity index (χ0) is 10.1. The number of hydrogen-bond acceptors (Lipinski definition) is 5. The van der Waals surface area contributed by atoms with Crippen LogP contribution in [0, 0.1) is 0 Å². The number of aromatic nitrogens is 2. The first-order chi connectivity index (χ1) is 5.88. The van der Waals surface area contributed by atoms with Crippen LogP contribution in [0.2, 0.25) is 0 Å². The highest BCUT2D eigenvalue weighted by atomic mass is 32.2. The van der Waals surface area contributed by atoms with Gasteiger partial charge in [0.2, 0.25) is 0 Å². The van der Waals surface area contributed by atoms with Gasteiger partial charge in [-0.1, -0.05) is 0 Å². The standard InChI is InChI=1S/C5H6N2O5S/c1-13(10,11)12-7-3-2-4(8)6-5(7)9/h2-3H,1H3,(H,6,8,9). The van der Waals surface area contributed by atoms with E-state index in [1.54, 1.807) is 0 Å². The van der Waals surface area contributed by atoms with Crippen LogP contribution in [0.25, 0.3) is 0 Å². The monoisotopic (exact) mass is 206 g/mol. The van der Waals surface area contributed by atoms with Crippen LogP contribution in [-0.4, -0.2) is 24.4 Å². The van der Waals surface area contributed by atoms with Crippen molar-refractivity contribution >= 4 is 10.1 Å². The van der Waals surface area contributed by atoms with E-state index in [1.165, 1.54) is 0 Å². The largest absolute Gasteiger partial charge is 0.362 e. The second-order valence-electron chi connectivity index (χ2n) is 2.21. The maximum atomic E-state index is 10.8. The molecule has 0 aliphatic rings. The summed E-state index contributed by atoms with van der Waals surface area (Å²) in [5, 5.41) is 0. The summed E-state index contributed by atoms with van der Waals surface area (Å²) in [7, 11) is -3.77. The molecule has 1 aromatic rings. The fourth-order valence-corrected chi connectivity index (χ4v) is 1.02. The highest BCUT2D eigenvalue weighted by Gasteiger charge is 2.04. The van der Waals surface area contributed by atoms with Gasteiger partial charge in [-0.25, -0.2) is 4.79 Å². The van der Waals surface area contributed by atoms with E-state index >= 15 is 0 Å². The zero-order valence-corrected chi connectivity index (χ0v) is 7.37. The van der Waals surface area contributed by atoms with E-state index in [0.29, 0.717) is 4.73 Å². The van der Waals surface area contributed by atoms with Crippen molar-refractivity contribution in [3.8, 4) is 0 Å². The Morgan fingerprint density at radius 1 is 1.46 bits per heavy atom. The second-order valence-corrected chi connectivity index (χ2v) is 3.77. The van der Waals surface area contributed by atoms with Crippen molar-refractivity contribution in [2.24, 2.45) is 0 Å². The van der Waals surface area contributed by atoms with Crippen molar-refractivity contribution in [3.63, 3.8) is 0 Å². The molecule has 0 unspecified atom stereocenters. The van der Waals surface area contributed by atoms with Crippen LogP contribution in [0.15, 0.2) is 21.9 Å². The van der Waals surface area contributed by atoms with Crippen LogP contribution in [0.5, 0.6) is 0 Å². The van der Waals surface area contributed by atoms with Gasteiger partial charge in [0.05, 0.1) is 12.5 Å². The van der Waals surface area contributed by atoms with Crippen molar-refractivity contribution in [1.82, 2.24) is 9.71 Å². The normalized spacial score (nSPS) is 11.2. The average molecular weight is 206 g/mol. The molecule has 1 N–H and O–H groups in total. The summed E-state index contributed by atoms with van der Waals surface area (Å²) < 4.78 is 25.7. The summed E-state index contributed by atoms with van der Waals surface area (Å²) in [6, 6.07) is 0.965. The third-order valence-electron chi connectivity index (χ3n) is 1.01. The summed E-state index contributed by atoms with van der Waals surface area (Å²) in [5.74, 6) is 0. The third kappa shape index (κ3) is 2.75. The van der Waals surface area contributed by atoms with Gasteiger partial charge in [-0.05, 0) is 0 Å². The minimum atomic E-state index is -3.77. The Bertz CT molecular complexity index is 510. The van der Waals surface area contributed by atoms with Gasteiger partial charge in [-0.2, -0.15) is 8.42 Å². The summed E-state index contributed by atoms with van der Waals surface area (Å²) in [6.45, 7) is 0. The van der Waals surface area contributed by atoms with Crippen LogP contribution in [0.4, 0.5) is 0 Å². The Labute approximate surface area is 72.7 Å². The molecule has 0 spiro atoms. The SMILES string of the molecule is CS(=O)(=O)On1ccc(=O)[nH]c1=O. The first-order valence-corrected chi connectivity index (χ1v) is 4.92. The third-order valence-corrected chi connectivity index (χ3v) is 1.44. The minimum Gasteiger partial charge on any atom is -0.283 e. The Balaban J connectivity index is 3.19. The average Bonchev–Trinajstić information content (AvgIpc) is 1.93. The molecule has 0 aliphatic carbocycles. The van der Waals surface area contributed by atoms with E-state index in [4.69, 9.17) is 0 Å². The fraction of sp³-hybridized carbons (Fsp3) is 0.200. The number of nitrogens with zero attached hydrogens (tertiary/aromatic N) is 1. The van der Waals surface area contributed by atoms with Gasteiger partial charge in [0.25, 0.3) is 5.56 Å². The molecule has 0 bridgehead atoms. The molecule has 13 heavy (non-hydrogen) atoms. The molecule has 7 nitrogen and oxygen atoms in total. The second kappa shape index (κ2) is 3.05. The maximum absolute atomic E-state index is 10.8. The van der Waals surface area contributed by atoms with Crippen LogP contribution in [-0.2, 0) is 10.1 Å². The van der Waals surface area contributed by atoms with Gasteiger partial charge in [0.1, 0.15) is 0 Å². The number of nitrogens with one attached hydrogen (secondary N) is 1. The quantitative estimate of drug-likeness (QED) is 0.599. The predicted molar refractivity (Wildman–Crippen MR) is 42.7 cm³/mol. The molecule has 0 saturated carbocycles. The van der Waals surface area contributed by atoms with Crippen LogP contribution in [0.3, 0.4) is 0 Å². The molecule has 8 heteroatoms. The van der Waals surface area contributed by atoms with Crippen LogP contribution in [0.1, 0.15) is 0 Å². The van der Waals surface area contributed by atoms with E-state index in [-0.39, 0.29) is 0 Å². The van der Waals surface area contributed by atoms with Crippen molar-refractivity contribution in [3.05, 3.63) is 33.1 Å². The predicted octanol–water partition coefficient (Wildman–Crippen LogP) is -2.08. The zero-order valence-electron chi connectivity index (χ0n) is 6.55. The van der Waals surface area contributed by atoms with Gasteiger partial charge in [-0.15, -0.1) is 4.73 Å². The van der Waals surface area contributed by atoms with E-state index in [1.807, 2.05) is 4.98 Å². The van der Waals surface area contributed by atoms with Crippen LogP contribution < -0.4 is 15.5 Å². The first kappa shape index (κ1) is 9.52. The fourth-order valence-electron chi connectivity index (χ4n) is 0.610. The van der Waals surface area contributed by atoms with Gasteiger partial charge in [-0.3, -0.25) is 14.1 Å². The molecule has 0 aliphatic heterocycles. The summed E-state index contributed by atoms with van der Waals surface area (Å²) in [5.41, 5.74) is -1.57. The van der Waals surface area contributed by atoms with Gasteiger partial charge >= 0.3 is 15.8 Å². The number of aromatic amines is 1. The lowest BCUT2D eigenvalue weighted by Gasteiger charge is -2.01. The van der Waals surface area contributed by atoms with Crippen molar-refractivity contribution in [2.75, 3.05) is 6.26 Å². The molecular weight excluding hydrogens is 200 g/mol. The molecule has 1 heterocycles. The molecule has 1 rings (SSSR count). The number of H-pyrrole nitrogens is 1. The van der Waals surface area contributed by atoms with E-state index in [2.05, 4.69) is 4.28 Å². The molecule has 0 atom stereocenters. The smallest absolute Gasteiger partial charge is 0.283 e. The molecule has 0 aromatic carbocycles. The number of hydrogen-bond donors (Lipinski definition) is 1. The molecule has 0 radical (unpaired) electrons. The molecule has 0 fully saturated rings.